The minimum atomic E-state index is -0.619. The quantitative estimate of drug-likeness (QED) is 0.401. The monoisotopic (exact) mass is 338 g/mol. The van der Waals surface area contributed by atoms with E-state index in [2.05, 4.69) is 6.92 Å². The van der Waals surface area contributed by atoms with Gasteiger partial charge >= 0.3 is 0 Å². The van der Waals surface area contributed by atoms with Crippen LogP contribution in [-0.4, -0.2) is 17.2 Å². The second kappa shape index (κ2) is 13.5. The maximum absolute atomic E-state index is 10.9. The number of aliphatic hydroxyl groups excluding tert-OH is 1. The SMILES string of the molecule is CCCCCCCC1=COC(O)C(CCCCCCCC(C)=O)C1. The van der Waals surface area contributed by atoms with Gasteiger partial charge in [0.15, 0.2) is 6.29 Å². The predicted molar refractivity (Wildman–Crippen MR) is 99.7 cm³/mol. The van der Waals surface area contributed by atoms with Crippen LogP contribution in [0, 0.1) is 5.92 Å². The highest BCUT2D eigenvalue weighted by Gasteiger charge is 2.24. The maximum atomic E-state index is 10.9. The van der Waals surface area contributed by atoms with Gasteiger partial charge in [-0.1, -0.05) is 58.3 Å². The first kappa shape index (κ1) is 21.2. The minimum Gasteiger partial charge on any atom is -0.472 e. The van der Waals surface area contributed by atoms with E-state index in [4.69, 9.17) is 4.74 Å². The first-order chi connectivity index (χ1) is 11.6. The number of aliphatic hydroxyl groups is 1. The zero-order chi connectivity index (χ0) is 17.6. The van der Waals surface area contributed by atoms with Crippen LogP contribution in [0.4, 0.5) is 0 Å². The van der Waals surface area contributed by atoms with Crippen LogP contribution >= 0.6 is 0 Å². The molecule has 0 aromatic rings. The number of hydrogen-bond donors (Lipinski definition) is 1. The minimum absolute atomic E-state index is 0.262. The lowest BCUT2D eigenvalue weighted by Gasteiger charge is -2.28. The summed E-state index contributed by atoms with van der Waals surface area (Å²) in [6.45, 7) is 3.91. The van der Waals surface area contributed by atoms with E-state index in [0.29, 0.717) is 5.78 Å². The molecule has 0 radical (unpaired) electrons. The van der Waals surface area contributed by atoms with Crippen LogP contribution in [0.5, 0.6) is 0 Å². The molecule has 0 aromatic carbocycles. The van der Waals surface area contributed by atoms with Crippen molar-refractivity contribution in [1.82, 2.24) is 0 Å². The molecule has 3 nitrogen and oxygen atoms in total. The third kappa shape index (κ3) is 10.1. The predicted octanol–water partition coefficient (Wildman–Crippen LogP) is 5.91. The average Bonchev–Trinajstić information content (AvgIpc) is 2.56. The van der Waals surface area contributed by atoms with Crippen LogP contribution in [0.1, 0.15) is 104 Å². The highest BCUT2D eigenvalue weighted by Crippen LogP contribution is 2.30. The van der Waals surface area contributed by atoms with Gasteiger partial charge in [-0.3, -0.25) is 0 Å². The van der Waals surface area contributed by atoms with Gasteiger partial charge in [-0.15, -0.1) is 0 Å². The van der Waals surface area contributed by atoms with Crippen molar-refractivity contribution in [3.63, 3.8) is 0 Å². The molecule has 0 bridgehead atoms. The molecule has 0 aliphatic carbocycles. The second-order valence-electron chi connectivity index (χ2n) is 7.44. The van der Waals surface area contributed by atoms with E-state index in [0.717, 1.165) is 44.9 Å². The molecule has 0 saturated carbocycles. The molecule has 2 atom stereocenters. The Bertz CT molecular complexity index is 362. The van der Waals surface area contributed by atoms with Crippen LogP contribution in [0.15, 0.2) is 11.8 Å². The van der Waals surface area contributed by atoms with Gasteiger partial charge in [0.1, 0.15) is 5.78 Å². The standard InChI is InChI=1S/C21H38O3/c1-3-4-5-7-11-14-19-16-20(21(23)24-17-19)15-12-9-6-8-10-13-18(2)22/h17,20-21,23H,3-16H2,1-2H3. The van der Waals surface area contributed by atoms with E-state index in [-0.39, 0.29) is 5.92 Å². The summed E-state index contributed by atoms with van der Waals surface area (Å²) in [5, 5.41) is 10.0. The van der Waals surface area contributed by atoms with Gasteiger partial charge < -0.3 is 14.6 Å². The Hall–Kier alpha value is -0.830. The normalized spacial score (nSPS) is 20.5. The fourth-order valence-electron chi connectivity index (χ4n) is 3.43. The summed E-state index contributed by atoms with van der Waals surface area (Å²) in [7, 11) is 0. The molecule has 0 fully saturated rings. The van der Waals surface area contributed by atoms with Crippen molar-refractivity contribution in [2.24, 2.45) is 5.92 Å². The molecular weight excluding hydrogens is 300 g/mol. The van der Waals surface area contributed by atoms with E-state index < -0.39 is 6.29 Å². The topological polar surface area (TPSA) is 46.5 Å². The molecule has 24 heavy (non-hydrogen) atoms. The summed E-state index contributed by atoms with van der Waals surface area (Å²) in [5.41, 5.74) is 1.38. The Labute approximate surface area is 148 Å². The molecule has 140 valence electrons. The van der Waals surface area contributed by atoms with Gasteiger partial charge in [0, 0.05) is 12.3 Å². The molecule has 1 aliphatic rings. The number of unbranched alkanes of at least 4 members (excludes halogenated alkanes) is 8. The number of ketones is 1. The van der Waals surface area contributed by atoms with Gasteiger partial charge in [-0.2, -0.15) is 0 Å². The summed E-state index contributed by atoms with van der Waals surface area (Å²) in [6, 6.07) is 0. The molecule has 1 rings (SSSR count). The number of carbonyl (C=O) groups is 1. The van der Waals surface area contributed by atoms with Crippen molar-refractivity contribution >= 4 is 5.78 Å². The van der Waals surface area contributed by atoms with Gasteiger partial charge in [-0.25, -0.2) is 0 Å². The summed E-state index contributed by atoms with van der Waals surface area (Å²) >= 11 is 0. The largest absolute Gasteiger partial charge is 0.472 e. The van der Waals surface area contributed by atoms with E-state index in [9.17, 15) is 9.90 Å². The second-order valence-corrected chi connectivity index (χ2v) is 7.44. The Morgan fingerprint density at radius 2 is 1.75 bits per heavy atom. The summed E-state index contributed by atoms with van der Waals surface area (Å²) < 4.78 is 5.46. The van der Waals surface area contributed by atoms with Gasteiger partial charge in [0.2, 0.25) is 0 Å². The number of rotatable bonds is 14. The molecule has 0 aromatic heterocycles. The fourth-order valence-corrected chi connectivity index (χ4v) is 3.43. The van der Waals surface area contributed by atoms with Gasteiger partial charge in [-0.05, 0) is 44.6 Å². The lowest BCUT2D eigenvalue weighted by molar-refractivity contribution is -0.117. The Morgan fingerprint density at radius 1 is 1.08 bits per heavy atom. The average molecular weight is 339 g/mol. The molecule has 2 unspecified atom stereocenters. The summed E-state index contributed by atoms with van der Waals surface area (Å²) in [4.78, 5) is 10.9. The number of ether oxygens (including phenoxy) is 1. The van der Waals surface area contributed by atoms with E-state index in [1.165, 1.54) is 50.5 Å². The molecular formula is C21H38O3. The first-order valence-corrected chi connectivity index (χ1v) is 10.1. The number of carbonyl (C=O) groups excluding carboxylic acids is 1. The molecule has 1 aliphatic heterocycles. The van der Waals surface area contributed by atoms with Crippen LogP contribution in [0.3, 0.4) is 0 Å². The van der Waals surface area contributed by atoms with Crippen molar-refractivity contribution in [2.45, 2.75) is 110 Å². The van der Waals surface area contributed by atoms with E-state index in [1.54, 1.807) is 6.92 Å². The van der Waals surface area contributed by atoms with Crippen LogP contribution in [0.2, 0.25) is 0 Å². The van der Waals surface area contributed by atoms with Crippen LogP contribution in [0.25, 0.3) is 0 Å². The van der Waals surface area contributed by atoms with Crippen LogP contribution < -0.4 is 0 Å². The fraction of sp³-hybridized carbons (Fsp3) is 0.857. The first-order valence-electron chi connectivity index (χ1n) is 10.1. The maximum Gasteiger partial charge on any atom is 0.199 e. The third-order valence-corrected chi connectivity index (χ3v) is 5.01. The van der Waals surface area contributed by atoms with Crippen molar-refractivity contribution < 1.29 is 14.6 Å². The zero-order valence-electron chi connectivity index (χ0n) is 15.9. The summed E-state index contributed by atoms with van der Waals surface area (Å²) in [5.74, 6) is 0.560. The Kier molecular flexibility index (Phi) is 11.9. The number of hydrogen-bond acceptors (Lipinski definition) is 3. The van der Waals surface area contributed by atoms with Crippen LogP contribution in [-0.2, 0) is 9.53 Å². The van der Waals surface area contributed by atoms with Crippen molar-refractivity contribution in [3.8, 4) is 0 Å². The lowest BCUT2D eigenvalue weighted by Crippen LogP contribution is -2.26. The zero-order valence-corrected chi connectivity index (χ0v) is 15.9. The highest BCUT2D eigenvalue weighted by atomic mass is 16.6. The smallest absolute Gasteiger partial charge is 0.199 e. The van der Waals surface area contributed by atoms with Gasteiger partial charge in [0.25, 0.3) is 0 Å². The molecule has 0 spiro atoms. The molecule has 1 N–H and O–H groups in total. The lowest BCUT2D eigenvalue weighted by atomic mass is 9.89. The Morgan fingerprint density at radius 3 is 2.50 bits per heavy atom. The third-order valence-electron chi connectivity index (χ3n) is 5.01. The van der Waals surface area contributed by atoms with Crippen molar-refractivity contribution in [2.75, 3.05) is 0 Å². The van der Waals surface area contributed by atoms with Crippen molar-refractivity contribution in [1.29, 1.82) is 0 Å². The number of Topliss-reactive ketones (excluding diaryl/α,β-unsaturated/α-hetero) is 1. The van der Waals surface area contributed by atoms with E-state index >= 15 is 0 Å². The molecule has 0 saturated heterocycles. The van der Waals surface area contributed by atoms with Crippen molar-refractivity contribution in [3.05, 3.63) is 11.8 Å². The molecule has 3 heteroatoms. The summed E-state index contributed by atoms with van der Waals surface area (Å²) in [6.07, 6.45) is 17.3. The van der Waals surface area contributed by atoms with E-state index in [1.807, 2.05) is 6.26 Å². The van der Waals surface area contributed by atoms with Gasteiger partial charge in [0.05, 0.1) is 6.26 Å². The molecule has 1 heterocycles. The number of allylic oxidation sites excluding steroid dienone is 1. The Balaban J connectivity index is 2.10. The molecule has 0 amide bonds. The highest BCUT2D eigenvalue weighted by molar-refractivity contribution is 5.75.